The fraction of sp³-hybridized carbons (Fsp3) is 0.556. The van der Waals surface area contributed by atoms with Gasteiger partial charge in [-0.1, -0.05) is 36.8 Å². The molecule has 0 unspecified atom stereocenters. The van der Waals surface area contributed by atoms with E-state index in [2.05, 4.69) is 31.3 Å². The van der Waals surface area contributed by atoms with E-state index >= 15 is 0 Å². The summed E-state index contributed by atoms with van der Waals surface area (Å²) in [6.07, 6.45) is 3.33. The SMILES string of the molecule is CC(=O)NCCCCCC(=O)N(Cc1ccccc1)C(C)C. The Kier molecular flexibility index (Phi) is 8.26. The molecule has 1 aromatic rings. The van der Waals surface area contributed by atoms with Gasteiger partial charge in [0, 0.05) is 32.5 Å². The summed E-state index contributed by atoms with van der Waals surface area (Å²) in [5.74, 6) is 0.211. The molecule has 0 spiro atoms. The van der Waals surface area contributed by atoms with Crippen LogP contribution in [0.25, 0.3) is 0 Å². The molecular formula is C18H28N2O2. The van der Waals surface area contributed by atoms with Crippen molar-refractivity contribution < 1.29 is 9.59 Å². The molecule has 0 aliphatic carbocycles. The average Bonchev–Trinajstić information content (AvgIpc) is 2.48. The van der Waals surface area contributed by atoms with Crippen LogP contribution in [0.3, 0.4) is 0 Å². The van der Waals surface area contributed by atoms with Gasteiger partial charge in [0.25, 0.3) is 0 Å². The van der Waals surface area contributed by atoms with Crippen molar-refractivity contribution in [3.8, 4) is 0 Å². The second-order valence-electron chi connectivity index (χ2n) is 5.89. The van der Waals surface area contributed by atoms with Gasteiger partial charge in [0.15, 0.2) is 0 Å². The predicted molar refractivity (Wildman–Crippen MR) is 89.3 cm³/mol. The second-order valence-corrected chi connectivity index (χ2v) is 5.89. The van der Waals surface area contributed by atoms with Crippen LogP contribution < -0.4 is 5.32 Å². The lowest BCUT2D eigenvalue weighted by molar-refractivity contribution is -0.133. The Hall–Kier alpha value is -1.84. The topological polar surface area (TPSA) is 49.4 Å². The average molecular weight is 304 g/mol. The lowest BCUT2D eigenvalue weighted by atomic mass is 10.1. The Bertz CT molecular complexity index is 457. The maximum atomic E-state index is 12.4. The van der Waals surface area contributed by atoms with Crippen LogP contribution in [0.1, 0.15) is 52.0 Å². The molecule has 0 aromatic heterocycles. The van der Waals surface area contributed by atoms with E-state index in [-0.39, 0.29) is 17.9 Å². The number of benzene rings is 1. The largest absolute Gasteiger partial charge is 0.356 e. The molecule has 122 valence electrons. The van der Waals surface area contributed by atoms with Gasteiger partial charge in [0.05, 0.1) is 0 Å². The van der Waals surface area contributed by atoms with Crippen LogP contribution >= 0.6 is 0 Å². The Balaban J connectivity index is 2.34. The molecule has 0 radical (unpaired) electrons. The van der Waals surface area contributed by atoms with E-state index in [4.69, 9.17) is 0 Å². The van der Waals surface area contributed by atoms with Crippen molar-refractivity contribution in [3.05, 3.63) is 35.9 Å². The summed E-state index contributed by atoms with van der Waals surface area (Å²) in [5, 5.41) is 2.77. The first-order valence-corrected chi connectivity index (χ1v) is 8.08. The zero-order chi connectivity index (χ0) is 16.4. The standard InChI is InChI=1S/C18H28N2O2/c1-15(2)20(14-17-10-6-4-7-11-17)18(22)12-8-5-9-13-19-16(3)21/h4,6-7,10-11,15H,5,8-9,12-14H2,1-3H3,(H,19,21). The highest BCUT2D eigenvalue weighted by atomic mass is 16.2. The van der Waals surface area contributed by atoms with Crippen LogP contribution in [0.15, 0.2) is 30.3 Å². The Morgan fingerprint density at radius 2 is 1.77 bits per heavy atom. The summed E-state index contributed by atoms with van der Waals surface area (Å²) in [7, 11) is 0. The second kappa shape index (κ2) is 9.98. The Morgan fingerprint density at radius 1 is 1.09 bits per heavy atom. The third-order valence-corrected chi connectivity index (χ3v) is 3.58. The molecule has 4 nitrogen and oxygen atoms in total. The van der Waals surface area contributed by atoms with Crippen molar-refractivity contribution >= 4 is 11.8 Å². The number of carbonyl (C=O) groups excluding carboxylic acids is 2. The zero-order valence-electron chi connectivity index (χ0n) is 14.0. The Labute approximate surface area is 133 Å². The maximum Gasteiger partial charge on any atom is 0.223 e. The Morgan fingerprint density at radius 3 is 2.36 bits per heavy atom. The number of hydrogen-bond acceptors (Lipinski definition) is 2. The van der Waals surface area contributed by atoms with E-state index in [1.807, 2.05) is 23.1 Å². The first kappa shape index (κ1) is 18.2. The molecular weight excluding hydrogens is 276 g/mol. The van der Waals surface area contributed by atoms with Crippen molar-refractivity contribution in [2.45, 2.75) is 59.0 Å². The quantitative estimate of drug-likeness (QED) is 0.713. The molecule has 0 saturated carbocycles. The number of carbonyl (C=O) groups is 2. The van der Waals surface area contributed by atoms with Gasteiger partial charge in [-0.2, -0.15) is 0 Å². The summed E-state index contributed by atoms with van der Waals surface area (Å²) >= 11 is 0. The van der Waals surface area contributed by atoms with Gasteiger partial charge in [0.2, 0.25) is 11.8 Å². The maximum absolute atomic E-state index is 12.4. The van der Waals surface area contributed by atoms with E-state index in [0.29, 0.717) is 19.5 Å². The third-order valence-electron chi connectivity index (χ3n) is 3.58. The minimum Gasteiger partial charge on any atom is -0.356 e. The molecule has 0 aliphatic heterocycles. The summed E-state index contributed by atoms with van der Waals surface area (Å²) in [6.45, 7) is 6.99. The molecule has 1 aromatic carbocycles. The molecule has 22 heavy (non-hydrogen) atoms. The van der Waals surface area contributed by atoms with E-state index in [1.165, 1.54) is 6.92 Å². The molecule has 2 amide bonds. The van der Waals surface area contributed by atoms with Gasteiger partial charge in [-0.15, -0.1) is 0 Å². The molecule has 0 atom stereocenters. The molecule has 0 aliphatic rings. The molecule has 0 saturated heterocycles. The van der Waals surface area contributed by atoms with Crippen molar-refractivity contribution in [2.24, 2.45) is 0 Å². The fourth-order valence-corrected chi connectivity index (χ4v) is 2.32. The number of nitrogens with one attached hydrogen (secondary N) is 1. The van der Waals surface area contributed by atoms with E-state index in [9.17, 15) is 9.59 Å². The third kappa shape index (κ3) is 7.25. The van der Waals surface area contributed by atoms with E-state index in [0.717, 1.165) is 24.8 Å². The van der Waals surface area contributed by atoms with Gasteiger partial charge in [-0.25, -0.2) is 0 Å². The summed E-state index contributed by atoms with van der Waals surface area (Å²) in [6, 6.07) is 10.3. The molecule has 1 N–H and O–H groups in total. The summed E-state index contributed by atoms with van der Waals surface area (Å²) in [5.41, 5.74) is 1.16. The molecule has 1 rings (SSSR count). The van der Waals surface area contributed by atoms with Crippen molar-refractivity contribution in [3.63, 3.8) is 0 Å². The first-order chi connectivity index (χ1) is 10.5. The minimum absolute atomic E-state index is 0.00456. The molecule has 4 heteroatoms. The summed E-state index contributed by atoms with van der Waals surface area (Å²) in [4.78, 5) is 25.1. The number of rotatable bonds is 9. The number of nitrogens with zero attached hydrogens (tertiary/aromatic N) is 1. The highest BCUT2D eigenvalue weighted by Gasteiger charge is 2.16. The van der Waals surface area contributed by atoms with Crippen molar-refractivity contribution in [1.82, 2.24) is 10.2 Å². The molecule has 0 bridgehead atoms. The van der Waals surface area contributed by atoms with Crippen LogP contribution in [-0.2, 0) is 16.1 Å². The number of hydrogen-bond donors (Lipinski definition) is 1. The molecule has 0 heterocycles. The highest BCUT2D eigenvalue weighted by Crippen LogP contribution is 2.12. The molecule has 0 fully saturated rings. The van der Waals surface area contributed by atoms with Gasteiger partial charge in [-0.05, 0) is 32.3 Å². The van der Waals surface area contributed by atoms with Crippen molar-refractivity contribution in [1.29, 1.82) is 0 Å². The highest BCUT2D eigenvalue weighted by molar-refractivity contribution is 5.76. The van der Waals surface area contributed by atoms with E-state index < -0.39 is 0 Å². The number of amides is 2. The van der Waals surface area contributed by atoms with Crippen LogP contribution in [0, 0.1) is 0 Å². The lowest BCUT2D eigenvalue weighted by Crippen LogP contribution is -2.36. The van der Waals surface area contributed by atoms with Gasteiger partial charge < -0.3 is 10.2 Å². The smallest absolute Gasteiger partial charge is 0.223 e. The van der Waals surface area contributed by atoms with Gasteiger partial charge in [0.1, 0.15) is 0 Å². The van der Waals surface area contributed by atoms with Gasteiger partial charge >= 0.3 is 0 Å². The van der Waals surface area contributed by atoms with Crippen LogP contribution in [0.2, 0.25) is 0 Å². The van der Waals surface area contributed by atoms with Crippen molar-refractivity contribution in [2.75, 3.05) is 6.54 Å². The fourth-order valence-electron chi connectivity index (χ4n) is 2.32. The van der Waals surface area contributed by atoms with Gasteiger partial charge in [-0.3, -0.25) is 9.59 Å². The zero-order valence-corrected chi connectivity index (χ0v) is 14.0. The van der Waals surface area contributed by atoms with Crippen LogP contribution in [0.4, 0.5) is 0 Å². The minimum atomic E-state index is 0.00456. The number of unbranched alkanes of at least 4 members (excludes halogenated alkanes) is 2. The lowest BCUT2D eigenvalue weighted by Gasteiger charge is -2.27. The van der Waals surface area contributed by atoms with Crippen LogP contribution in [0.5, 0.6) is 0 Å². The van der Waals surface area contributed by atoms with Crippen LogP contribution in [-0.4, -0.2) is 29.3 Å². The normalized spacial score (nSPS) is 10.5. The summed E-state index contributed by atoms with van der Waals surface area (Å²) < 4.78 is 0. The predicted octanol–water partition coefficient (Wildman–Crippen LogP) is 3.12. The first-order valence-electron chi connectivity index (χ1n) is 8.08. The van der Waals surface area contributed by atoms with E-state index in [1.54, 1.807) is 0 Å². The monoisotopic (exact) mass is 304 g/mol.